The van der Waals surface area contributed by atoms with E-state index in [1.807, 2.05) is 0 Å². The van der Waals surface area contributed by atoms with Gasteiger partial charge >= 0.3 is 0 Å². The van der Waals surface area contributed by atoms with Crippen LogP contribution < -0.4 is 11.1 Å². The lowest BCUT2D eigenvalue weighted by molar-refractivity contribution is 0.673. The number of nitrogens with two attached hydrogens (primary N) is 2. The van der Waals surface area contributed by atoms with Gasteiger partial charge in [-0.05, 0) is 13.0 Å². The van der Waals surface area contributed by atoms with Crippen LogP contribution in [-0.2, 0) is 0 Å². The van der Waals surface area contributed by atoms with Gasteiger partial charge in [0.2, 0.25) is 0 Å². The fourth-order valence-electron chi connectivity index (χ4n) is 0.819. The topological polar surface area (TPSA) is 52.0 Å². The molecule has 0 aromatic carbocycles. The summed E-state index contributed by atoms with van der Waals surface area (Å²) in [6.07, 6.45) is 5.15. The van der Waals surface area contributed by atoms with Crippen LogP contribution in [0.15, 0.2) is 0 Å². The summed E-state index contributed by atoms with van der Waals surface area (Å²) in [6.45, 7) is 0.847. The molecule has 0 radical (unpaired) electrons. The highest BCUT2D eigenvalue weighted by atomic mass is 28.2. The zero-order valence-corrected chi connectivity index (χ0v) is 7.52. The first kappa shape index (κ1) is 9.14. The van der Waals surface area contributed by atoms with Crippen LogP contribution in [0.1, 0.15) is 25.7 Å². The third-order valence-electron chi connectivity index (χ3n) is 1.41. The van der Waals surface area contributed by atoms with Crippen LogP contribution in [0.3, 0.4) is 0 Å². The molecule has 0 bridgehead atoms. The van der Waals surface area contributed by atoms with Crippen molar-refractivity contribution in [3.8, 4) is 0 Å². The molecule has 0 heterocycles. The molecule has 0 aliphatic heterocycles. The molecule has 0 rings (SSSR count). The summed E-state index contributed by atoms with van der Waals surface area (Å²) in [5.74, 6) is 0. The molecule has 4 N–H and O–H groups in total. The molecule has 9 heavy (non-hydrogen) atoms. The summed E-state index contributed by atoms with van der Waals surface area (Å²) < 4.78 is 0. The van der Waals surface area contributed by atoms with E-state index in [9.17, 15) is 0 Å². The van der Waals surface area contributed by atoms with Gasteiger partial charge in [0.25, 0.3) is 0 Å². The van der Waals surface area contributed by atoms with Crippen molar-refractivity contribution in [1.29, 1.82) is 0 Å². The third-order valence-corrected chi connectivity index (χ3v) is 2.32. The standard InChI is InChI=1S/C6H18N2Si/c7-5-3-1-2-4-6-9-8/h1-9H2. The van der Waals surface area contributed by atoms with E-state index in [0.29, 0.717) is 0 Å². The van der Waals surface area contributed by atoms with Crippen LogP contribution in [0.4, 0.5) is 0 Å². The van der Waals surface area contributed by atoms with Gasteiger partial charge in [-0.1, -0.05) is 25.3 Å². The fraction of sp³-hybridized carbons (Fsp3) is 1.00. The van der Waals surface area contributed by atoms with Crippen molar-refractivity contribution >= 4 is 9.68 Å². The Labute approximate surface area is 59.9 Å². The van der Waals surface area contributed by atoms with Gasteiger partial charge in [-0.2, -0.15) is 0 Å². The van der Waals surface area contributed by atoms with Crippen LogP contribution >= 0.6 is 0 Å². The maximum absolute atomic E-state index is 5.46. The Balaban J connectivity index is 2.60. The largest absolute Gasteiger partial charge is 0.356 e. The van der Waals surface area contributed by atoms with Crippen molar-refractivity contribution < 1.29 is 0 Å². The lowest BCUT2D eigenvalue weighted by Gasteiger charge is -1.95. The molecule has 0 spiro atoms. The molecule has 0 amide bonds. The zero-order chi connectivity index (χ0) is 6.95. The highest BCUT2D eigenvalue weighted by Gasteiger charge is 1.86. The second-order valence-corrected chi connectivity index (χ2v) is 3.63. The highest BCUT2D eigenvalue weighted by Crippen LogP contribution is 2.00. The lowest BCUT2D eigenvalue weighted by atomic mass is 10.2. The van der Waals surface area contributed by atoms with Gasteiger partial charge in [0.15, 0.2) is 0 Å². The van der Waals surface area contributed by atoms with E-state index in [2.05, 4.69) is 0 Å². The molecule has 0 unspecified atom stereocenters. The van der Waals surface area contributed by atoms with E-state index >= 15 is 0 Å². The van der Waals surface area contributed by atoms with E-state index in [0.717, 1.165) is 6.54 Å². The quantitative estimate of drug-likeness (QED) is 0.408. The second kappa shape index (κ2) is 8.14. The first-order valence-corrected chi connectivity index (χ1v) is 5.63. The summed E-state index contributed by atoms with van der Waals surface area (Å²) >= 11 is 0. The summed E-state index contributed by atoms with van der Waals surface area (Å²) in [5, 5.41) is 5.46. The van der Waals surface area contributed by atoms with Crippen molar-refractivity contribution in [3.05, 3.63) is 0 Å². The predicted octanol–water partition coefficient (Wildman–Crippen LogP) is -0.0337. The molecule has 56 valence electrons. The van der Waals surface area contributed by atoms with Crippen molar-refractivity contribution in [2.75, 3.05) is 6.54 Å². The molecule has 2 nitrogen and oxygen atoms in total. The molecule has 0 aliphatic carbocycles. The summed E-state index contributed by atoms with van der Waals surface area (Å²) in [4.78, 5) is 0. The van der Waals surface area contributed by atoms with E-state index in [1.165, 1.54) is 31.7 Å². The maximum atomic E-state index is 5.46. The second-order valence-electron chi connectivity index (χ2n) is 2.35. The summed E-state index contributed by atoms with van der Waals surface area (Å²) in [7, 11) is -0.152. The van der Waals surface area contributed by atoms with Gasteiger partial charge in [0, 0.05) is 0 Å². The van der Waals surface area contributed by atoms with E-state index in [1.54, 1.807) is 0 Å². The Morgan fingerprint density at radius 1 is 1.00 bits per heavy atom. The minimum absolute atomic E-state index is 0.152. The molecule has 0 fully saturated rings. The third kappa shape index (κ3) is 8.14. The van der Waals surface area contributed by atoms with Gasteiger partial charge in [-0.3, -0.25) is 0 Å². The maximum Gasteiger partial charge on any atom is 0.0887 e. The van der Waals surface area contributed by atoms with Crippen LogP contribution in [0.5, 0.6) is 0 Å². The van der Waals surface area contributed by atoms with Crippen molar-refractivity contribution in [1.82, 2.24) is 0 Å². The van der Waals surface area contributed by atoms with Crippen LogP contribution in [0.2, 0.25) is 6.04 Å². The first-order chi connectivity index (χ1) is 4.41. The van der Waals surface area contributed by atoms with E-state index in [-0.39, 0.29) is 9.68 Å². The predicted molar refractivity (Wildman–Crippen MR) is 45.1 cm³/mol. The SMILES string of the molecule is NCCCCCC[SiH2]N. The number of unbranched alkanes of at least 4 members (excludes halogenated alkanes) is 3. The van der Waals surface area contributed by atoms with Crippen LogP contribution in [-0.4, -0.2) is 16.2 Å². The average molecular weight is 146 g/mol. The minimum atomic E-state index is -0.152. The highest BCUT2D eigenvalue weighted by molar-refractivity contribution is 6.30. The fourth-order valence-corrected chi connectivity index (χ4v) is 1.46. The van der Waals surface area contributed by atoms with E-state index in [4.69, 9.17) is 11.1 Å². The van der Waals surface area contributed by atoms with Crippen molar-refractivity contribution in [3.63, 3.8) is 0 Å². The molecule has 0 saturated heterocycles. The molecule has 0 aromatic rings. The Morgan fingerprint density at radius 2 is 1.67 bits per heavy atom. The van der Waals surface area contributed by atoms with Crippen molar-refractivity contribution in [2.45, 2.75) is 31.7 Å². The van der Waals surface area contributed by atoms with Crippen LogP contribution in [0.25, 0.3) is 0 Å². The molecule has 0 atom stereocenters. The smallest absolute Gasteiger partial charge is 0.0887 e. The average Bonchev–Trinajstić information content (AvgIpc) is 1.89. The zero-order valence-electron chi connectivity index (χ0n) is 6.10. The Kier molecular flexibility index (Phi) is 8.26. The molecule has 0 aromatic heterocycles. The van der Waals surface area contributed by atoms with Gasteiger partial charge in [-0.15, -0.1) is 0 Å². The van der Waals surface area contributed by atoms with Gasteiger partial charge in [0.1, 0.15) is 0 Å². The first-order valence-electron chi connectivity index (χ1n) is 3.82. The van der Waals surface area contributed by atoms with Gasteiger partial charge in [-0.25, -0.2) is 0 Å². The minimum Gasteiger partial charge on any atom is -0.356 e. The lowest BCUT2D eigenvalue weighted by Crippen LogP contribution is -2.03. The molecule has 0 aliphatic rings. The van der Waals surface area contributed by atoms with Gasteiger partial charge < -0.3 is 11.1 Å². The summed E-state index contributed by atoms with van der Waals surface area (Å²) in [6, 6.07) is 1.31. The normalized spacial score (nSPS) is 11.3. The Morgan fingerprint density at radius 3 is 2.22 bits per heavy atom. The Hall–Kier alpha value is 0.137. The van der Waals surface area contributed by atoms with Crippen molar-refractivity contribution in [2.24, 2.45) is 11.1 Å². The van der Waals surface area contributed by atoms with Gasteiger partial charge in [0.05, 0.1) is 9.68 Å². The molecule has 3 heteroatoms. The Bertz CT molecular complexity index is 44.3. The summed E-state index contributed by atoms with van der Waals surface area (Å²) in [5.41, 5.74) is 5.33. The molecule has 0 saturated carbocycles. The molecular weight excluding hydrogens is 128 g/mol. The monoisotopic (exact) mass is 146 g/mol. The van der Waals surface area contributed by atoms with Crippen LogP contribution in [0, 0.1) is 0 Å². The number of hydrogen-bond acceptors (Lipinski definition) is 2. The number of hydrogen-bond donors (Lipinski definition) is 2. The molecular formula is C6H18N2Si. The van der Waals surface area contributed by atoms with E-state index < -0.39 is 0 Å². The number of rotatable bonds is 6.